The third-order valence-corrected chi connectivity index (χ3v) is 8.16. The second-order valence-electron chi connectivity index (χ2n) is 10.6. The first kappa shape index (κ1) is 23.8. The monoisotopic (exact) mass is 437 g/mol. The number of hydrogen-bond donors (Lipinski definition) is 0. The van der Waals surface area contributed by atoms with Crippen LogP contribution in [0.15, 0.2) is 36.8 Å². The zero-order chi connectivity index (χ0) is 22.9. The number of hydrogen-bond acceptors (Lipinski definition) is 4. The molecular formula is C27H39N3S. The molecule has 1 unspecified atom stereocenters. The zero-order valence-electron chi connectivity index (χ0n) is 20.6. The van der Waals surface area contributed by atoms with Gasteiger partial charge in [-0.25, -0.2) is 0 Å². The molecule has 0 spiro atoms. The highest BCUT2D eigenvalue weighted by Crippen LogP contribution is 2.42. The molecule has 3 nitrogen and oxygen atoms in total. The highest BCUT2D eigenvalue weighted by atomic mass is 32.2. The number of rotatable bonds is 7. The van der Waals surface area contributed by atoms with Gasteiger partial charge in [-0.1, -0.05) is 39.0 Å². The van der Waals surface area contributed by atoms with E-state index in [0.717, 1.165) is 37.2 Å². The van der Waals surface area contributed by atoms with E-state index in [1.807, 2.05) is 24.2 Å². The summed E-state index contributed by atoms with van der Waals surface area (Å²) in [5.41, 5.74) is 6.57. The average Bonchev–Trinajstić information content (AvgIpc) is 2.76. The minimum absolute atomic E-state index is 0.0299. The largest absolute Gasteiger partial charge is 0.368 e. The average molecular weight is 438 g/mol. The maximum Gasteiger partial charge on any atom is 0.0744 e. The highest BCUT2D eigenvalue weighted by molar-refractivity contribution is 7.99. The molecule has 2 aromatic rings. The van der Waals surface area contributed by atoms with E-state index < -0.39 is 0 Å². The van der Waals surface area contributed by atoms with Crippen molar-refractivity contribution in [2.24, 2.45) is 0 Å². The van der Waals surface area contributed by atoms with Crippen LogP contribution in [0.3, 0.4) is 0 Å². The number of fused-ring (bicyclic) bond motifs is 1. The molecule has 0 N–H and O–H groups in total. The molecule has 1 aromatic heterocycles. The molecule has 0 aliphatic carbocycles. The Bertz CT molecular complexity index is 924. The van der Waals surface area contributed by atoms with Crippen LogP contribution in [0.2, 0.25) is 0 Å². The Morgan fingerprint density at radius 2 is 1.74 bits per heavy atom. The molecule has 0 radical (unpaired) electrons. The van der Waals surface area contributed by atoms with Crippen molar-refractivity contribution in [2.45, 2.75) is 90.0 Å². The Labute approximate surface area is 193 Å². The van der Waals surface area contributed by atoms with E-state index in [-0.39, 0.29) is 15.7 Å². The van der Waals surface area contributed by atoms with Crippen LogP contribution >= 0.6 is 11.8 Å². The zero-order valence-corrected chi connectivity index (χ0v) is 21.4. The molecule has 4 heteroatoms. The van der Waals surface area contributed by atoms with E-state index in [2.05, 4.69) is 95.1 Å². The Balaban J connectivity index is 1.76. The first-order chi connectivity index (χ1) is 14.5. The lowest BCUT2D eigenvalue weighted by Crippen LogP contribution is -2.37. The number of thioether (sulfide) groups is 1. The van der Waals surface area contributed by atoms with Gasteiger partial charge in [-0.05, 0) is 81.4 Å². The molecule has 3 rings (SSSR count). The Morgan fingerprint density at radius 1 is 1.00 bits per heavy atom. The van der Waals surface area contributed by atoms with Crippen LogP contribution in [0.25, 0.3) is 6.08 Å². The molecule has 0 amide bonds. The summed E-state index contributed by atoms with van der Waals surface area (Å²) in [5, 5.41) is 0. The van der Waals surface area contributed by atoms with Gasteiger partial charge in [-0.15, -0.1) is 0 Å². The third-order valence-electron chi connectivity index (χ3n) is 6.85. The first-order valence-electron chi connectivity index (χ1n) is 11.4. The van der Waals surface area contributed by atoms with Crippen molar-refractivity contribution in [3.63, 3.8) is 0 Å². The van der Waals surface area contributed by atoms with E-state index in [4.69, 9.17) is 4.98 Å². The maximum atomic E-state index is 4.75. The number of aryl methyl sites for hydroxylation is 1. The van der Waals surface area contributed by atoms with Crippen molar-refractivity contribution in [1.82, 2.24) is 14.9 Å². The summed E-state index contributed by atoms with van der Waals surface area (Å²) in [4.78, 5) is 11.8. The summed E-state index contributed by atoms with van der Waals surface area (Å²) in [7, 11) is 0. The lowest BCUT2D eigenvalue weighted by Gasteiger charge is -2.38. The molecule has 1 aromatic carbocycles. The second kappa shape index (κ2) is 8.97. The fraction of sp³-hybridized carbons (Fsp3) is 0.556. The fourth-order valence-electron chi connectivity index (χ4n) is 4.02. The summed E-state index contributed by atoms with van der Waals surface area (Å²) in [6.07, 6.45) is 13.7. The van der Waals surface area contributed by atoms with E-state index in [0.29, 0.717) is 0 Å². The van der Waals surface area contributed by atoms with Crippen molar-refractivity contribution in [1.29, 1.82) is 0 Å². The predicted molar refractivity (Wildman–Crippen MR) is 135 cm³/mol. The van der Waals surface area contributed by atoms with Gasteiger partial charge in [-0.2, -0.15) is 11.8 Å². The number of aromatic nitrogens is 2. The minimum Gasteiger partial charge on any atom is -0.368 e. The van der Waals surface area contributed by atoms with Crippen molar-refractivity contribution in [3.05, 3.63) is 64.9 Å². The van der Waals surface area contributed by atoms with E-state index in [9.17, 15) is 0 Å². The molecule has 1 aliphatic rings. The molecule has 2 heterocycles. The normalized spacial score (nSPS) is 16.2. The van der Waals surface area contributed by atoms with Crippen LogP contribution in [0.1, 0.15) is 89.4 Å². The molecule has 31 heavy (non-hydrogen) atoms. The Hall–Kier alpha value is -1.81. The first-order valence-corrected chi connectivity index (χ1v) is 12.7. The van der Waals surface area contributed by atoms with Crippen molar-refractivity contribution in [3.8, 4) is 0 Å². The molecule has 0 fully saturated rings. The van der Waals surface area contributed by atoms with Gasteiger partial charge in [0, 0.05) is 24.5 Å². The van der Waals surface area contributed by atoms with E-state index in [1.54, 1.807) is 0 Å². The van der Waals surface area contributed by atoms with Gasteiger partial charge < -0.3 is 4.90 Å². The predicted octanol–water partition coefficient (Wildman–Crippen LogP) is 6.96. The number of benzene rings is 1. The summed E-state index contributed by atoms with van der Waals surface area (Å²) in [6.45, 7) is 16.9. The van der Waals surface area contributed by atoms with Crippen LogP contribution < -0.4 is 0 Å². The molecule has 168 valence electrons. The van der Waals surface area contributed by atoms with Crippen molar-refractivity contribution < 1.29 is 0 Å². The van der Waals surface area contributed by atoms with Crippen LogP contribution in [0.5, 0.6) is 0 Å². The standard InChI is InChI=1S/C27H39N3S/c1-9-23-17-29-24(18-28-23)27(7,31-8)14-13-26(5,6)22-11-10-21-19-30(25(2,3)4)15-12-20(21)16-22/h10-12,15-18H,9,13-14,19H2,1-8H3. The molecule has 0 saturated heterocycles. The van der Waals surface area contributed by atoms with Crippen LogP contribution in [0.4, 0.5) is 0 Å². The van der Waals surface area contributed by atoms with Crippen LogP contribution in [-0.2, 0) is 23.1 Å². The summed E-state index contributed by atoms with van der Waals surface area (Å²) < 4.78 is -0.0299. The summed E-state index contributed by atoms with van der Waals surface area (Å²) in [5.74, 6) is 0. The fourth-order valence-corrected chi connectivity index (χ4v) is 4.64. The third kappa shape index (κ3) is 5.34. The SMILES string of the molecule is CCc1cnc(C(C)(CCC(C)(C)c2ccc3c(c2)C=CN(C(C)(C)C)C3)SC)cn1. The van der Waals surface area contributed by atoms with Gasteiger partial charge in [0.05, 0.1) is 22.3 Å². The smallest absolute Gasteiger partial charge is 0.0744 e. The van der Waals surface area contributed by atoms with Gasteiger partial charge in [0.1, 0.15) is 0 Å². The lowest BCUT2D eigenvalue weighted by atomic mass is 9.77. The quantitative estimate of drug-likeness (QED) is 0.468. The van der Waals surface area contributed by atoms with Gasteiger partial charge in [0.2, 0.25) is 0 Å². The summed E-state index contributed by atoms with van der Waals surface area (Å²) >= 11 is 1.88. The minimum atomic E-state index is -0.0299. The molecule has 1 aliphatic heterocycles. The van der Waals surface area contributed by atoms with Gasteiger partial charge in [0.15, 0.2) is 0 Å². The van der Waals surface area contributed by atoms with Gasteiger partial charge in [0.25, 0.3) is 0 Å². The molecular weight excluding hydrogens is 398 g/mol. The van der Waals surface area contributed by atoms with Crippen molar-refractivity contribution in [2.75, 3.05) is 6.26 Å². The lowest BCUT2D eigenvalue weighted by molar-refractivity contribution is 0.196. The van der Waals surface area contributed by atoms with Crippen LogP contribution in [-0.4, -0.2) is 26.7 Å². The van der Waals surface area contributed by atoms with Crippen LogP contribution in [0, 0.1) is 0 Å². The number of nitrogens with zero attached hydrogens (tertiary/aromatic N) is 3. The summed E-state index contributed by atoms with van der Waals surface area (Å²) in [6, 6.07) is 7.07. The van der Waals surface area contributed by atoms with E-state index in [1.165, 1.54) is 16.7 Å². The van der Waals surface area contributed by atoms with Gasteiger partial charge >= 0.3 is 0 Å². The highest BCUT2D eigenvalue weighted by Gasteiger charge is 2.32. The van der Waals surface area contributed by atoms with E-state index >= 15 is 0 Å². The second-order valence-corrected chi connectivity index (χ2v) is 11.9. The topological polar surface area (TPSA) is 29.0 Å². The Kier molecular flexibility index (Phi) is 6.90. The maximum absolute atomic E-state index is 4.75. The Morgan fingerprint density at radius 3 is 2.32 bits per heavy atom. The van der Waals surface area contributed by atoms with Gasteiger partial charge in [-0.3, -0.25) is 9.97 Å². The molecule has 0 bridgehead atoms. The molecule has 0 saturated carbocycles. The molecule has 1 atom stereocenters. The van der Waals surface area contributed by atoms with Crippen molar-refractivity contribution >= 4 is 17.8 Å².